The number of hydrogen-bond acceptors (Lipinski definition) is 14. The number of nitrogens with zero attached hydrogens (tertiary/aromatic N) is 8. The third-order valence-electron chi connectivity index (χ3n) is 3.35. The molecule has 0 aliphatic carbocycles. The fourth-order valence-electron chi connectivity index (χ4n) is 1.98. The summed E-state index contributed by atoms with van der Waals surface area (Å²) in [5, 5.41) is 73.5. The van der Waals surface area contributed by atoms with Crippen LogP contribution < -0.4 is 10.2 Å². The molecule has 0 amide bonds. The Kier molecular flexibility index (Phi) is 25.9. The fourth-order valence-corrected chi connectivity index (χ4v) is 1.98. The molecular weight excluding hydrogens is 586 g/mol. The molecule has 20 nitrogen and oxygen atoms in total. The van der Waals surface area contributed by atoms with Crippen LogP contribution >= 0.6 is 0 Å². The van der Waals surface area contributed by atoms with Crippen LogP contribution in [-0.2, 0) is 41.4 Å². The minimum absolute atomic E-state index is 0. The number of aromatic nitrogens is 8. The molecule has 4 aromatic rings. The smallest absolute Gasteiger partial charge is 0.541 e. The molecule has 2 heterocycles. The maximum Gasteiger partial charge on any atom is 2.00 e. The normalized spacial score (nSPS) is 8.10. The summed E-state index contributed by atoms with van der Waals surface area (Å²) in [5.74, 6) is -3.75. The second-order valence-corrected chi connectivity index (χ2v) is 5.41. The first-order valence-corrected chi connectivity index (χ1v) is 8.84. The number of benzene rings is 2. The molecule has 4 rings (SSSR count). The van der Waals surface area contributed by atoms with Crippen LogP contribution in [0.15, 0.2) is 48.5 Å². The van der Waals surface area contributed by atoms with Crippen molar-refractivity contribution >= 4 is 11.9 Å². The number of hydrogen-bond donors (Lipinski definition) is 4. The van der Waals surface area contributed by atoms with Crippen molar-refractivity contribution in [2.75, 3.05) is 14.2 Å². The van der Waals surface area contributed by atoms with Gasteiger partial charge in [0.2, 0.25) is 11.6 Å². The Labute approximate surface area is 231 Å². The number of rotatable bonds is 4. The number of aliphatic hydroxyl groups is 2. The summed E-state index contributed by atoms with van der Waals surface area (Å²) in [4.78, 5) is 22.8. The van der Waals surface area contributed by atoms with Gasteiger partial charge in [-0.05, 0) is 59.0 Å². The standard InChI is InChI=1S/2C8H6N4O3.2CH4O.4H2O.Zn/c2*13-6-3-1-5(2-4-6)12-10-7(8(14)15)9-11-12;2*1-2;;;;;/h2*1-4,13H,(H,14,15);2*2H,1H3;4*1H2;/q;;;;;;;;+2/p+2. The molecule has 212 valence electrons. The Morgan fingerprint density at radius 2 is 0.872 bits per heavy atom. The van der Waals surface area contributed by atoms with Crippen molar-refractivity contribution in [3.63, 3.8) is 0 Å². The monoisotopic (exact) mass is 614 g/mol. The van der Waals surface area contributed by atoms with Crippen molar-refractivity contribution in [1.82, 2.24) is 40.4 Å². The summed E-state index contributed by atoms with van der Waals surface area (Å²) in [5.41, 5.74) is 0.987. The van der Waals surface area contributed by atoms with E-state index in [0.717, 1.165) is 23.8 Å². The predicted octanol–water partition coefficient (Wildman–Crippen LogP) is -7.01. The van der Waals surface area contributed by atoms with Crippen LogP contribution in [0.2, 0.25) is 0 Å². The zero-order valence-electron chi connectivity index (χ0n) is 20.6. The third kappa shape index (κ3) is 13.6. The van der Waals surface area contributed by atoms with Gasteiger partial charge in [0.1, 0.15) is 23.4 Å². The van der Waals surface area contributed by atoms with Gasteiger partial charge in [0.25, 0.3) is 0 Å². The van der Waals surface area contributed by atoms with E-state index in [-0.39, 0.29) is 52.9 Å². The van der Waals surface area contributed by atoms with E-state index in [1.165, 1.54) is 48.5 Å². The van der Waals surface area contributed by atoms with Gasteiger partial charge in [-0.1, -0.05) is 0 Å². The Bertz CT molecular complexity index is 1100. The van der Waals surface area contributed by atoms with Crippen molar-refractivity contribution in [2.24, 2.45) is 0 Å². The molecule has 0 spiro atoms. The SMILES string of the molecule is CO.CO.O=C([O-])c1nnn(-c2ccc(O)cc2)n1.O=C([O-])c1nnn(-c2ccc(O)cc2)n1.[OH3+].[OH3+].[OH3+].[OH3+].[Zn+2]. The van der Waals surface area contributed by atoms with Crippen molar-refractivity contribution in [3.8, 4) is 22.9 Å². The first-order chi connectivity index (χ1) is 16.3. The minimum Gasteiger partial charge on any atom is -0.541 e. The molecule has 0 aliphatic rings. The summed E-state index contributed by atoms with van der Waals surface area (Å²) < 4.78 is 0. The van der Waals surface area contributed by atoms with E-state index in [4.69, 9.17) is 20.4 Å². The number of carboxylic acids is 2. The maximum absolute atomic E-state index is 10.4. The van der Waals surface area contributed by atoms with Crippen molar-refractivity contribution in [1.29, 1.82) is 0 Å². The van der Waals surface area contributed by atoms with Gasteiger partial charge in [0, 0.05) is 14.2 Å². The quantitative estimate of drug-likeness (QED) is 0.122. The Morgan fingerprint density at radius 1 is 0.615 bits per heavy atom. The third-order valence-corrected chi connectivity index (χ3v) is 3.35. The molecule has 39 heavy (non-hydrogen) atoms. The summed E-state index contributed by atoms with van der Waals surface area (Å²) in [6, 6.07) is 11.8. The molecule has 0 aliphatic heterocycles. The first kappa shape index (κ1) is 44.5. The number of tetrazole rings is 2. The molecule has 0 radical (unpaired) electrons. The van der Waals surface area contributed by atoms with E-state index in [1.807, 2.05) is 0 Å². The van der Waals surface area contributed by atoms with E-state index in [1.54, 1.807) is 0 Å². The second-order valence-electron chi connectivity index (χ2n) is 5.41. The predicted molar refractivity (Wildman–Crippen MR) is 126 cm³/mol. The molecular formula is C18H30N8O12Zn+4. The molecule has 0 fully saturated rings. The summed E-state index contributed by atoms with van der Waals surface area (Å²) in [6.07, 6.45) is 0. The Hall–Kier alpha value is -4.50. The number of carbonyl (C=O) groups is 2. The number of carboxylic acid groups (broad SMARTS) is 2. The molecule has 16 N–H and O–H groups in total. The van der Waals surface area contributed by atoms with Crippen molar-refractivity contribution < 1.29 is 81.6 Å². The van der Waals surface area contributed by atoms with Crippen LogP contribution in [0.25, 0.3) is 11.4 Å². The van der Waals surface area contributed by atoms with Gasteiger partial charge in [-0.25, -0.2) is 0 Å². The van der Waals surface area contributed by atoms with Gasteiger partial charge in [-0.15, -0.1) is 30.0 Å². The topological polar surface area (TPSA) is 380 Å². The number of phenols is 2. The van der Waals surface area contributed by atoms with Gasteiger partial charge >= 0.3 is 19.5 Å². The first-order valence-electron chi connectivity index (χ1n) is 8.84. The van der Waals surface area contributed by atoms with E-state index in [0.29, 0.717) is 11.4 Å². The number of aromatic carboxylic acids is 2. The van der Waals surface area contributed by atoms with Crippen LogP contribution in [0.1, 0.15) is 21.2 Å². The Morgan fingerprint density at radius 3 is 1.08 bits per heavy atom. The largest absolute Gasteiger partial charge is 2.00 e. The number of aromatic hydroxyl groups is 2. The zero-order valence-corrected chi connectivity index (χ0v) is 23.6. The van der Waals surface area contributed by atoms with Gasteiger partial charge in [0.15, 0.2) is 0 Å². The average molecular weight is 616 g/mol. The molecule has 0 bridgehead atoms. The molecule has 2 aromatic carbocycles. The van der Waals surface area contributed by atoms with Crippen LogP contribution in [-0.4, -0.2) is 87.0 Å². The van der Waals surface area contributed by atoms with Gasteiger partial charge in [-0.2, -0.15) is 0 Å². The summed E-state index contributed by atoms with van der Waals surface area (Å²) >= 11 is 0. The molecule has 0 unspecified atom stereocenters. The Balaban J connectivity index is -0.000000157. The van der Waals surface area contributed by atoms with Crippen LogP contribution in [0.5, 0.6) is 11.5 Å². The van der Waals surface area contributed by atoms with Crippen LogP contribution in [0.4, 0.5) is 0 Å². The second kappa shape index (κ2) is 22.7. The van der Waals surface area contributed by atoms with E-state index in [2.05, 4.69) is 30.8 Å². The number of phenolic OH excluding ortho intramolecular Hbond substituents is 2. The van der Waals surface area contributed by atoms with Crippen LogP contribution in [0.3, 0.4) is 0 Å². The molecule has 0 saturated heterocycles. The van der Waals surface area contributed by atoms with E-state index >= 15 is 0 Å². The summed E-state index contributed by atoms with van der Waals surface area (Å²) in [7, 11) is 2.00. The van der Waals surface area contributed by atoms with Crippen molar-refractivity contribution in [2.45, 2.75) is 0 Å². The van der Waals surface area contributed by atoms with Gasteiger partial charge in [-0.3, -0.25) is 0 Å². The van der Waals surface area contributed by atoms with Gasteiger partial charge < -0.3 is 62.1 Å². The summed E-state index contributed by atoms with van der Waals surface area (Å²) in [6.45, 7) is 0. The zero-order chi connectivity index (χ0) is 25.7. The average Bonchev–Trinajstić information content (AvgIpc) is 3.54. The molecule has 2 aromatic heterocycles. The minimum atomic E-state index is -1.49. The van der Waals surface area contributed by atoms with Gasteiger partial charge in [0.05, 0.1) is 11.4 Å². The van der Waals surface area contributed by atoms with Crippen LogP contribution in [0, 0.1) is 0 Å². The molecule has 21 heteroatoms. The number of aliphatic hydroxyl groups excluding tert-OH is 2. The van der Waals surface area contributed by atoms with E-state index in [9.17, 15) is 19.8 Å². The number of carbonyl (C=O) groups excluding carboxylic acids is 2. The molecule has 0 atom stereocenters. The van der Waals surface area contributed by atoms with E-state index < -0.39 is 23.6 Å². The fraction of sp³-hybridized carbons (Fsp3) is 0.111. The van der Waals surface area contributed by atoms with Crippen molar-refractivity contribution in [3.05, 3.63) is 60.2 Å². The molecule has 0 saturated carbocycles. The maximum atomic E-state index is 10.4.